The van der Waals surface area contributed by atoms with E-state index in [0.717, 1.165) is 16.3 Å². The van der Waals surface area contributed by atoms with Gasteiger partial charge in [-0.1, -0.05) is 19.1 Å². The van der Waals surface area contributed by atoms with Crippen molar-refractivity contribution in [3.63, 3.8) is 0 Å². The molecule has 2 aromatic rings. The average molecular weight is 384 g/mol. The standard InChI is InChI=1S/C17H19F3N4O3/c1-11(15(25)26)10-23(2)16(27)21-9-12-3-5-13(6-4-12)24-8-7-14(22-24)17(18,19)20/h3-8,11H,9-10H2,1-2H3,(H,21,27)(H,25,26). The van der Waals surface area contributed by atoms with Gasteiger partial charge in [0.2, 0.25) is 0 Å². The molecule has 146 valence electrons. The van der Waals surface area contributed by atoms with E-state index in [0.29, 0.717) is 5.69 Å². The number of amides is 2. The molecule has 1 unspecified atom stereocenters. The maximum Gasteiger partial charge on any atom is 0.435 e. The number of carbonyl (C=O) groups excluding carboxylic acids is 1. The Kier molecular flexibility index (Phi) is 6.09. The summed E-state index contributed by atoms with van der Waals surface area (Å²) in [5, 5.41) is 15.0. The van der Waals surface area contributed by atoms with Gasteiger partial charge in [0.1, 0.15) is 0 Å². The van der Waals surface area contributed by atoms with Gasteiger partial charge in [0.15, 0.2) is 5.69 Å². The smallest absolute Gasteiger partial charge is 0.435 e. The Morgan fingerprint density at radius 1 is 1.26 bits per heavy atom. The Balaban J connectivity index is 1.93. The maximum absolute atomic E-state index is 12.6. The molecule has 0 radical (unpaired) electrons. The second-order valence-corrected chi connectivity index (χ2v) is 6.09. The van der Waals surface area contributed by atoms with Gasteiger partial charge in [-0.15, -0.1) is 0 Å². The summed E-state index contributed by atoms with van der Waals surface area (Å²) < 4.78 is 38.9. The molecule has 27 heavy (non-hydrogen) atoms. The van der Waals surface area contributed by atoms with Gasteiger partial charge in [0.05, 0.1) is 11.6 Å². The lowest BCUT2D eigenvalue weighted by atomic mass is 10.2. The summed E-state index contributed by atoms with van der Waals surface area (Å²) in [7, 11) is 1.49. The number of carboxylic acids is 1. The second kappa shape index (κ2) is 8.11. The molecule has 0 aliphatic rings. The summed E-state index contributed by atoms with van der Waals surface area (Å²) in [5.74, 6) is -1.67. The summed E-state index contributed by atoms with van der Waals surface area (Å²) >= 11 is 0. The largest absolute Gasteiger partial charge is 0.481 e. The number of halogens is 3. The second-order valence-electron chi connectivity index (χ2n) is 6.09. The Morgan fingerprint density at radius 3 is 2.41 bits per heavy atom. The Morgan fingerprint density at radius 2 is 1.89 bits per heavy atom. The molecule has 10 heteroatoms. The van der Waals surface area contributed by atoms with Crippen LogP contribution in [-0.4, -0.2) is 45.4 Å². The number of nitrogens with zero attached hydrogens (tertiary/aromatic N) is 3. The lowest BCUT2D eigenvalue weighted by molar-refractivity contribution is -0.142. The third-order valence-corrected chi connectivity index (χ3v) is 3.84. The molecule has 1 heterocycles. The minimum Gasteiger partial charge on any atom is -0.481 e. The monoisotopic (exact) mass is 384 g/mol. The highest BCUT2D eigenvalue weighted by Gasteiger charge is 2.33. The molecule has 0 aliphatic heterocycles. The minimum absolute atomic E-state index is 0.0704. The number of carboxylic acid groups (broad SMARTS) is 1. The van der Waals surface area contributed by atoms with Gasteiger partial charge >= 0.3 is 18.2 Å². The molecule has 1 aromatic heterocycles. The molecule has 7 nitrogen and oxygen atoms in total. The maximum atomic E-state index is 12.6. The van der Waals surface area contributed by atoms with Crippen molar-refractivity contribution in [2.45, 2.75) is 19.6 Å². The van der Waals surface area contributed by atoms with Gasteiger partial charge in [-0.2, -0.15) is 18.3 Å². The first-order chi connectivity index (χ1) is 12.6. The fraction of sp³-hybridized carbons (Fsp3) is 0.353. The van der Waals surface area contributed by atoms with Crippen LogP contribution in [0.1, 0.15) is 18.2 Å². The molecule has 1 aromatic carbocycles. The van der Waals surface area contributed by atoms with E-state index in [1.807, 2.05) is 0 Å². The number of urea groups is 1. The number of benzene rings is 1. The van der Waals surface area contributed by atoms with Crippen LogP contribution in [0.4, 0.5) is 18.0 Å². The summed E-state index contributed by atoms with van der Waals surface area (Å²) in [6.07, 6.45) is -3.28. The number of hydrogen-bond donors (Lipinski definition) is 2. The minimum atomic E-state index is -4.50. The van der Waals surface area contributed by atoms with Crippen LogP contribution < -0.4 is 5.32 Å². The molecular weight excluding hydrogens is 365 g/mol. The zero-order valence-electron chi connectivity index (χ0n) is 14.7. The fourth-order valence-corrected chi connectivity index (χ4v) is 2.27. The van der Waals surface area contributed by atoms with E-state index >= 15 is 0 Å². The predicted octanol–water partition coefficient (Wildman–Crippen LogP) is 2.75. The van der Waals surface area contributed by atoms with Crippen molar-refractivity contribution >= 4 is 12.0 Å². The number of carbonyl (C=O) groups is 2. The highest BCUT2D eigenvalue weighted by atomic mass is 19.4. The van der Waals surface area contributed by atoms with Crippen molar-refractivity contribution in [1.82, 2.24) is 20.0 Å². The summed E-state index contributed by atoms with van der Waals surface area (Å²) in [4.78, 5) is 24.0. The molecule has 1 atom stereocenters. The van der Waals surface area contributed by atoms with Crippen LogP contribution in [0.3, 0.4) is 0 Å². The van der Waals surface area contributed by atoms with Crippen LogP contribution in [0.2, 0.25) is 0 Å². The zero-order valence-corrected chi connectivity index (χ0v) is 14.7. The van der Waals surface area contributed by atoms with E-state index in [1.54, 1.807) is 24.3 Å². The molecule has 2 N–H and O–H groups in total. The number of nitrogens with one attached hydrogen (secondary N) is 1. The Hall–Kier alpha value is -3.04. The van der Waals surface area contributed by atoms with Gasteiger partial charge in [-0.25, -0.2) is 9.48 Å². The van der Waals surface area contributed by atoms with Crippen molar-refractivity contribution in [2.75, 3.05) is 13.6 Å². The lowest BCUT2D eigenvalue weighted by Crippen LogP contribution is -2.40. The quantitative estimate of drug-likeness (QED) is 0.802. The first-order valence-electron chi connectivity index (χ1n) is 8.02. The van der Waals surface area contributed by atoms with Gasteiger partial charge in [-0.3, -0.25) is 4.79 Å². The van der Waals surface area contributed by atoms with Crippen molar-refractivity contribution < 1.29 is 27.9 Å². The topological polar surface area (TPSA) is 87.5 Å². The molecule has 0 saturated heterocycles. The normalized spacial score (nSPS) is 12.5. The Labute approximate surface area is 153 Å². The first-order valence-corrected chi connectivity index (χ1v) is 8.02. The predicted molar refractivity (Wildman–Crippen MR) is 90.2 cm³/mol. The number of hydrogen-bond acceptors (Lipinski definition) is 3. The van der Waals surface area contributed by atoms with E-state index in [1.165, 1.54) is 25.1 Å². The van der Waals surface area contributed by atoms with Crippen molar-refractivity contribution in [3.05, 3.63) is 47.8 Å². The number of aromatic nitrogens is 2. The van der Waals surface area contributed by atoms with E-state index in [9.17, 15) is 22.8 Å². The number of rotatable bonds is 6. The van der Waals surface area contributed by atoms with E-state index in [4.69, 9.17) is 5.11 Å². The van der Waals surface area contributed by atoms with Crippen LogP contribution >= 0.6 is 0 Å². The van der Waals surface area contributed by atoms with Gasteiger partial charge in [0, 0.05) is 26.3 Å². The third kappa shape index (κ3) is 5.47. The van der Waals surface area contributed by atoms with Gasteiger partial charge in [-0.05, 0) is 23.8 Å². The molecule has 0 bridgehead atoms. The summed E-state index contributed by atoms with van der Waals surface area (Å²) in [6.45, 7) is 1.77. The lowest BCUT2D eigenvalue weighted by Gasteiger charge is -2.20. The molecular formula is C17H19F3N4O3. The average Bonchev–Trinajstić information content (AvgIpc) is 3.10. The van der Waals surface area contributed by atoms with Crippen LogP contribution in [0, 0.1) is 5.92 Å². The Bertz CT molecular complexity index is 803. The SMILES string of the molecule is CC(CN(C)C(=O)NCc1ccc(-n2ccc(C(F)(F)F)n2)cc1)C(=O)O. The third-order valence-electron chi connectivity index (χ3n) is 3.84. The van der Waals surface area contributed by atoms with Crippen molar-refractivity contribution in [2.24, 2.45) is 5.92 Å². The first kappa shape index (κ1) is 20.3. The molecule has 0 spiro atoms. The highest BCUT2D eigenvalue weighted by Crippen LogP contribution is 2.27. The van der Waals surface area contributed by atoms with Crippen LogP contribution in [-0.2, 0) is 17.5 Å². The molecule has 2 amide bonds. The molecule has 2 rings (SSSR count). The number of aliphatic carboxylic acids is 1. The molecule has 0 aliphatic carbocycles. The van der Waals surface area contributed by atoms with Crippen LogP contribution in [0.25, 0.3) is 5.69 Å². The summed E-state index contributed by atoms with van der Waals surface area (Å²) in [6, 6.07) is 6.96. The van der Waals surface area contributed by atoms with Crippen LogP contribution in [0.5, 0.6) is 0 Å². The fourth-order valence-electron chi connectivity index (χ4n) is 2.27. The van der Waals surface area contributed by atoms with E-state index in [-0.39, 0.29) is 13.1 Å². The number of alkyl halides is 3. The molecule has 0 fully saturated rings. The van der Waals surface area contributed by atoms with Crippen molar-refractivity contribution in [3.8, 4) is 5.69 Å². The zero-order chi connectivity index (χ0) is 20.2. The molecule has 0 saturated carbocycles. The highest BCUT2D eigenvalue weighted by molar-refractivity contribution is 5.75. The van der Waals surface area contributed by atoms with Crippen LogP contribution in [0.15, 0.2) is 36.5 Å². The van der Waals surface area contributed by atoms with E-state index < -0.39 is 29.8 Å². The van der Waals surface area contributed by atoms with Crippen molar-refractivity contribution in [1.29, 1.82) is 0 Å². The van der Waals surface area contributed by atoms with Gasteiger partial charge < -0.3 is 15.3 Å². The van der Waals surface area contributed by atoms with Gasteiger partial charge in [0.25, 0.3) is 0 Å². The summed E-state index contributed by atoms with van der Waals surface area (Å²) in [5.41, 5.74) is 0.209. The van der Waals surface area contributed by atoms with E-state index in [2.05, 4.69) is 10.4 Å².